The Balaban J connectivity index is 1.60. The summed E-state index contributed by atoms with van der Waals surface area (Å²) in [6.07, 6.45) is 0.934. The molecule has 6 nitrogen and oxygen atoms in total. The van der Waals surface area contributed by atoms with E-state index in [0.717, 1.165) is 34.9 Å². The predicted octanol–water partition coefficient (Wildman–Crippen LogP) is 4.30. The molecule has 1 amide bonds. The molecule has 3 aromatic rings. The van der Waals surface area contributed by atoms with E-state index in [-0.39, 0.29) is 11.8 Å². The number of carbonyl (C=O) groups is 1. The average molecular weight is 416 g/mol. The van der Waals surface area contributed by atoms with Gasteiger partial charge in [-0.05, 0) is 49.9 Å². The molecule has 1 aromatic heterocycles. The molecule has 0 aliphatic carbocycles. The van der Waals surface area contributed by atoms with Gasteiger partial charge in [0.1, 0.15) is 11.3 Å². The molecule has 1 aliphatic heterocycles. The minimum absolute atomic E-state index is 0.125. The summed E-state index contributed by atoms with van der Waals surface area (Å²) in [5.41, 5.74) is 2.80. The van der Waals surface area contributed by atoms with Crippen LogP contribution >= 0.6 is 0 Å². The third-order valence-corrected chi connectivity index (χ3v) is 5.73. The van der Waals surface area contributed by atoms with E-state index in [1.807, 2.05) is 37.3 Å². The Morgan fingerprint density at radius 2 is 2.03 bits per heavy atom. The normalized spacial score (nSPS) is 17.2. The Kier molecular flexibility index (Phi) is 5.77. The number of hydrogen-bond acceptors (Lipinski definition) is 5. The lowest BCUT2D eigenvalue weighted by atomic mass is 9.98. The second kappa shape index (κ2) is 8.65. The van der Waals surface area contributed by atoms with E-state index in [1.54, 1.807) is 24.0 Å². The molecule has 158 valence electrons. The van der Waals surface area contributed by atoms with E-state index in [2.05, 4.69) is 6.07 Å². The number of rotatable bonds is 4. The fourth-order valence-electron chi connectivity index (χ4n) is 4.11. The number of fused-ring (bicyclic) bond motifs is 1. The van der Waals surface area contributed by atoms with Gasteiger partial charge in [0.25, 0.3) is 5.91 Å². The molecule has 2 aromatic carbocycles. The van der Waals surface area contributed by atoms with Crippen LogP contribution in [0.1, 0.15) is 25.3 Å². The molecule has 0 bridgehead atoms. The maximum absolute atomic E-state index is 12.8. The number of benzene rings is 2. The topological polar surface area (TPSA) is 83.5 Å². The number of piperidine rings is 1. The van der Waals surface area contributed by atoms with Gasteiger partial charge in [-0.2, -0.15) is 5.26 Å². The minimum Gasteiger partial charge on any atom is -0.481 e. The number of likely N-dealkylation sites (tertiary alicyclic amines) is 1. The van der Waals surface area contributed by atoms with Crippen molar-refractivity contribution in [3.63, 3.8) is 0 Å². The molecule has 0 radical (unpaired) electrons. The first-order chi connectivity index (χ1) is 15.0. The zero-order valence-corrected chi connectivity index (χ0v) is 17.6. The zero-order chi connectivity index (χ0) is 22.0. The van der Waals surface area contributed by atoms with Crippen molar-refractivity contribution in [2.24, 2.45) is 5.92 Å². The molecule has 0 saturated carbocycles. The molecular formula is C25H24N2O4. The summed E-state index contributed by atoms with van der Waals surface area (Å²) < 4.78 is 11.3. The van der Waals surface area contributed by atoms with Crippen LogP contribution in [0.5, 0.6) is 5.75 Å². The molecule has 1 aliphatic rings. The number of aryl methyl sites for hydroxylation is 1. The molecule has 6 heteroatoms. The number of nitrogens with zero attached hydrogens (tertiary/aromatic N) is 2. The van der Waals surface area contributed by atoms with Gasteiger partial charge in [0.2, 0.25) is 0 Å². The van der Waals surface area contributed by atoms with Crippen molar-refractivity contribution in [1.29, 1.82) is 5.26 Å². The molecule has 0 spiro atoms. The Labute approximate surface area is 180 Å². The SMILES string of the molecule is Cc1ccccc1-c1cc(=O)oc2cc(OC(C)C(=O)N3CCCC(C#N)C3)ccc12. The fraction of sp³-hybridized carbons (Fsp3) is 0.320. The summed E-state index contributed by atoms with van der Waals surface area (Å²) in [4.78, 5) is 26.7. The Bertz CT molecular complexity index is 1220. The summed E-state index contributed by atoms with van der Waals surface area (Å²) in [5, 5.41) is 9.95. The third kappa shape index (κ3) is 4.31. The molecule has 0 N–H and O–H groups in total. The summed E-state index contributed by atoms with van der Waals surface area (Å²) in [5.74, 6) is 0.183. The lowest BCUT2D eigenvalue weighted by Crippen LogP contribution is -2.45. The predicted molar refractivity (Wildman–Crippen MR) is 118 cm³/mol. The highest BCUT2D eigenvalue weighted by atomic mass is 16.5. The number of carbonyl (C=O) groups excluding carboxylic acids is 1. The van der Waals surface area contributed by atoms with Crippen molar-refractivity contribution in [2.45, 2.75) is 32.8 Å². The van der Waals surface area contributed by atoms with Crippen LogP contribution in [-0.2, 0) is 4.79 Å². The van der Waals surface area contributed by atoms with Crippen LogP contribution in [0.25, 0.3) is 22.1 Å². The van der Waals surface area contributed by atoms with Crippen molar-refractivity contribution in [1.82, 2.24) is 4.90 Å². The Hall–Kier alpha value is -3.59. The molecule has 31 heavy (non-hydrogen) atoms. The van der Waals surface area contributed by atoms with Crippen LogP contribution in [0.15, 0.2) is 57.7 Å². The van der Waals surface area contributed by atoms with Crippen LogP contribution in [0, 0.1) is 24.2 Å². The van der Waals surface area contributed by atoms with Gasteiger partial charge in [-0.25, -0.2) is 4.79 Å². The first kappa shape index (κ1) is 20.7. The summed E-state index contributed by atoms with van der Waals surface area (Å²) >= 11 is 0. The lowest BCUT2D eigenvalue weighted by molar-refractivity contribution is -0.139. The number of hydrogen-bond donors (Lipinski definition) is 0. The van der Waals surface area contributed by atoms with Crippen LogP contribution in [0.4, 0.5) is 0 Å². The lowest BCUT2D eigenvalue weighted by Gasteiger charge is -2.31. The number of amides is 1. The van der Waals surface area contributed by atoms with E-state index in [0.29, 0.717) is 24.4 Å². The number of ether oxygens (including phenoxy) is 1. The zero-order valence-electron chi connectivity index (χ0n) is 17.6. The maximum atomic E-state index is 12.8. The molecule has 1 fully saturated rings. The van der Waals surface area contributed by atoms with Gasteiger partial charge in [-0.15, -0.1) is 0 Å². The molecule has 2 unspecified atom stereocenters. The van der Waals surface area contributed by atoms with Gasteiger partial charge in [0.05, 0.1) is 12.0 Å². The van der Waals surface area contributed by atoms with Crippen molar-refractivity contribution >= 4 is 16.9 Å². The summed E-state index contributed by atoms with van der Waals surface area (Å²) in [7, 11) is 0. The van der Waals surface area contributed by atoms with Crippen LogP contribution < -0.4 is 10.4 Å². The first-order valence-electron chi connectivity index (χ1n) is 10.4. The largest absolute Gasteiger partial charge is 0.481 e. The van der Waals surface area contributed by atoms with Gasteiger partial charge in [0.15, 0.2) is 6.10 Å². The average Bonchev–Trinajstić information content (AvgIpc) is 2.78. The monoisotopic (exact) mass is 416 g/mol. The minimum atomic E-state index is -0.707. The van der Waals surface area contributed by atoms with Gasteiger partial charge in [-0.3, -0.25) is 4.79 Å². The van der Waals surface area contributed by atoms with Crippen molar-refractivity contribution in [3.05, 3.63) is 64.5 Å². The highest BCUT2D eigenvalue weighted by Gasteiger charge is 2.27. The van der Waals surface area contributed by atoms with Gasteiger partial charge < -0.3 is 14.1 Å². The smallest absolute Gasteiger partial charge is 0.336 e. The Morgan fingerprint density at radius 1 is 1.23 bits per heavy atom. The molecular weight excluding hydrogens is 392 g/mol. The Morgan fingerprint density at radius 3 is 2.81 bits per heavy atom. The molecule has 2 atom stereocenters. The quantitative estimate of drug-likeness (QED) is 0.592. The molecule has 2 heterocycles. The highest BCUT2D eigenvalue weighted by molar-refractivity contribution is 5.94. The highest BCUT2D eigenvalue weighted by Crippen LogP contribution is 2.31. The standard InChI is InChI=1S/C25H24N2O4/c1-16-6-3-4-8-20(16)22-13-24(28)31-23-12-19(9-10-21(22)23)30-17(2)25(29)27-11-5-7-18(14-26)15-27/h3-4,6,8-10,12-13,17-18H,5,7,11,15H2,1-2H3. The summed E-state index contributed by atoms with van der Waals surface area (Å²) in [6, 6.07) is 16.9. The third-order valence-electron chi connectivity index (χ3n) is 5.73. The van der Waals surface area contributed by atoms with E-state index in [4.69, 9.17) is 14.4 Å². The second-order valence-electron chi connectivity index (χ2n) is 7.96. The fourth-order valence-corrected chi connectivity index (χ4v) is 4.11. The maximum Gasteiger partial charge on any atom is 0.336 e. The van der Waals surface area contributed by atoms with Crippen LogP contribution in [0.2, 0.25) is 0 Å². The number of nitriles is 1. The van der Waals surface area contributed by atoms with Crippen LogP contribution in [-0.4, -0.2) is 30.0 Å². The van der Waals surface area contributed by atoms with Gasteiger partial charge >= 0.3 is 5.63 Å². The molecule has 1 saturated heterocycles. The van der Waals surface area contributed by atoms with Crippen molar-refractivity contribution in [2.75, 3.05) is 13.1 Å². The summed E-state index contributed by atoms with van der Waals surface area (Å²) in [6.45, 7) is 4.77. The van der Waals surface area contributed by atoms with E-state index < -0.39 is 11.7 Å². The van der Waals surface area contributed by atoms with Gasteiger partial charge in [-0.1, -0.05) is 24.3 Å². The van der Waals surface area contributed by atoms with Crippen molar-refractivity contribution in [3.8, 4) is 22.9 Å². The van der Waals surface area contributed by atoms with Crippen LogP contribution in [0.3, 0.4) is 0 Å². The van der Waals surface area contributed by atoms with Crippen molar-refractivity contribution < 1.29 is 13.9 Å². The van der Waals surface area contributed by atoms with E-state index >= 15 is 0 Å². The van der Waals surface area contributed by atoms with Gasteiger partial charge in [0, 0.05) is 36.2 Å². The van der Waals surface area contributed by atoms with E-state index in [9.17, 15) is 9.59 Å². The second-order valence-corrected chi connectivity index (χ2v) is 7.96. The van der Waals surface area contributed by atoms with E-state index in [1.165, 1.54) is 6.07 Å². The molecule has 4 rings (SSSR count). The first-order valence-corrected chi connectivity index (χ1v) is 10.4.